The number of benzene rings is 1. The van der Waals surface area contributed by atoms with E-state index in [9.17, 15) is 0 Å². The van der Waals surface area contributed by atoms with Gasteiger partial charge >= 0.3 is 169 Å². The van der Waals surface area contributed by atoms with E-state index in [2.05, 4.69) is 78.5 Å². The minimum atomic E-state index is -0.270. The van der Waals surface area contributed by atoms with Gasteiger partial charge in [-0.25, -0.2) is 0 Å². The molecule has 1 saturated carbocycles. The predicted octanol–water partition coefficient (Wildman–Crippen LogP) is -3.60. The van der Waals surface area contributed by atoms with Gasteiger partial charge in [0.15, 0.2) is 0 Å². The predicted molar refractivity (Wildman–Crippen MR) is 109 cm³/mol. The molecule has 154 valence electrons. The smallest absolute Gasteiger partial charge is 1.00 e. The van der Waals surface area contributed by atoms with Crippen LogP contribution < -0.4 is 42.4 Å². The van der Waals surface area contributed by atoms with Gasteiger partial charge in [-0.1, -0.05) is 0 Å². The van der Waals surface area contributed by atoms with Crippen molar-refractivity contribution in [3.8, 4) is 0 Å². The van der Waals surface area contributed by atoms with Crippen LogP contribution in [0.15, 0.2) is 35.9 Å². The van der Waals surface area contributed by atoms with Gasteiger partial charge in [0.2, 0.25) is 0 Å². The van der Waals surface area contributed by atoms with Crippen molar-refractivity contribution in [1.82, 2.24) is 0 Å². The van der Waals surface area contributed by atoms with Crippen LogP contribution >= 0.6 is 0 Å². The minimum Gasteiger partial charge on any atom is -1.00 e. The maximum Gasteiger partial charge on any atom is -1.00 e. The fraction of sp³-hybridized carbons (Fsp3) is 0.565. The van der Waals surface area contributed by atoms with Crippen LogP contribution in [-0.2, 0) is 20.4 Å². The second-order valence-electron chi connectivity index (χ2n) is 8.43. The number of unbranched alkanes of at least 4 members (excludes halogenated alkanes) is 2. The number of hydrogen-bond acceptors (Lipinski definition) is 0. The van der Waals surface area contributed by atoms with Crippen molar-refractivity contribution < 1.29 is 57.7 Å². The molecule has 0 N–H and O–H groups in total. The Morgan fingerprint density at radius 1 is 1.07 bits per heavy atom. The molecular weight excluding hydrogens is 459 g/mol. The topological polar surface area (TPSA) is 0 Å². The van der Waals surface area contributed by atoms with Crippen molar-refractivity contribution in [2.45, 2.75) is 75.5 Å². The fourth-order valence-electron chi connectivity index (χ4n) is 5.23. The van der Waals surface area contributed by atoms with Crippen LogP contribution in [0.4, 0.5) is 0 Å². The molecule has 3 atom stereocenters. The van der Waals surface area contributed by atoms with E-state index in [4.69, 9.17) is 0 Å². The van der Waals surface area contributed by atoms with Crippen molar-refractivity contribution in [2.24, 2.45) is 5.92 Å². The van der Waals surface area contributed by atoms with Gasteiger partial charge in [-0.2, -0.15) is 0 Å². The summed E-state index contributed by atoms with van der Waals surface area (Å²) < 4.78 is 0.459. The summed E-state index contributed by atoms with van der Waals surface area (Å²) in [5.74, 6) is 0.834. The largest absolute Gasteiger partial charge is 1.00 e. The molecule has 1 aromatic carbocycles. The third-order valence-electron chi connectivity index (χ3n) is 6.52. The van der Waals surface area contributed by atoms with Gasteiger partial charge in [-0.3, -0.25) is 0 Å². The van der Waals surface area contributed by atoms with Crippen LogP contribution in [0, 0.1) is 26.7 Å². The molecule has 0 aromatic heterocycles. The van der Waals surface area contributed by atoms with Crippen LogP contribution in [0.5, 0.6) is 0 Å². The number of allylic oxidation sites excluding steroid dienone is 4. The Balaban J connectivity index is 0.00000243. The van der Waals surface area contributed by atoms with E-state index >= 15 is 0 Å². The Hall–Kier alpha value is 0.501. The first-order valence-electron chi connectivity index (χ1n) is 10.1. The van der Waals surface area contributed by atoms with Crippen LogP contribution in [-0.4, -0.2) is 9.52 Å². The Morgan fingerprint density at radius 3 is 2.32 bits per heavy atom. The van der Waals surface area contributed by atoms with Gasteiger partial charge in [0, 0.05) is 0 Å². The molecule has 0 saturated heterocycles. The first-order chi connectivity index (χ1) is 12.0. The average molecular weight is 492 g/mol. The summed E-state index contributed by atoms with van der Waals surface area (Å²) in [5.41, 5.74) is 7.26. The molecule has 0 amide bonds. The molecule has 1 fully saturated rings. The second kappa shape index (κ2) is 12.4. The van der Waals surface area contributed by atoms with E-state index < -0.39 is 0 Å². The number of fused-ring (bicyclic) bond motifs is 1. The van der Waals surface area contributed by atoms with Gasteiger partial charge < -0.3 is 37.2 Å². The third-order valence-corrected chi connectivity index (χ3v) is 11.7. The SMILES string of the molecule is CCCCC[C]1([Ti+3])C2=CC=CCC2CC1[SiH2]c1c(C)cc(C)cc1C.[Cl-].[Cl-].[Cl-]. The van der Waals surface area contributed by atoms with Crippen molar-refractivity contribution >= 4 is 14.7 Å². The molecule has 0 bridgehead atoms. The number of halogens is 3. The van der Waals surface area contributed by atoms with Crippen LogP contribution in [0.3, 0.4) is 0 Å². The molecule has 0 aliphatic heterocycles. The Morgan fingerprint density at radius 2 is 1.71 bits per heavy atom. The fourth-order valence-corrected chi connectivity index (χ4v) is 9.32. The molecule has 3 unspecified atom stereocenters. The maximum absolute atomic E-state index is 2.62. The summed E-state index contributed by atoms with van der Waals surface area (Å²) in [5, 5.41) is 1.75. The summed E-state index contributed by atoms with van der Waals surface area (Å²) in [6.45, 7) is 9.26. The Bertz CT molecular complexity index is 678. The Labute approximate surface area is 205 Å². The standard InChI is InChI=1S/C23H33Si.3ClH.Ti/c1-5-6-7-12-21-20-11-9-8-10-19(20)15-22(21)24-23-17(3)13-16(2)14-18(23)4;;;;/h8-9,11,13-14,19,22H,5-7,10,12,15,24H2,1-4H3;3*1H;/q;;;;+3/p-3. The zero-order valence-corrected chi connectivity index (χ0v) is 22.9. The number of aryl methyl sites for hydroxylation is 3. The average Bonchev–Trinajstić information content (AvgIpc) is 2.84. The number of hydrogen-bond donors (Lipinski definition) is 0. The summed E-state index contributed by atoms with van der Waals surface area (Å²) in [7, 11) is -0.270. The molecule has 0 heterocycles. The molecule has 3 rings (SSSR count). The summed E-state index contributed by atoms with van der Waals surface area (Å²) in [6.07, 6.45) is 15.5. The van der Waals surface area contributed by atoms with E-state index in [0.717, 1.165) is 11.5 Å². The van der Waals surface area contributed by atoms with E-state index in [1.807, 2.05) is 0 Å². The first kappa shape index (κ1) is 28.5. The molecule has 5 heteroatoms. The van der Waals surface area contributed by atoms with Gasteiger partial charge in [-0.05, 0) is 0 Å². The molecule has 2 aliphatic rings. The molecule has 0 radical (unpaired) electrons. The quantitative estimate of drug-likeness (QED) is 0.285. The van der Waals surface area contributed by atoms with E-state index in [1.54, 1.807) is 21.9 Å². The summed E-state index contributed by atoms with van der Waals surface area (Å²) >= 11 is 2.62. The molecule has 1 aromatic rings. The third kappa shape index (κ3) is 6.02. The minimum absolute atomic E-state index is 0. The van der Waals surface area contributed by atoms with Gasteiger partial charge in [0.05, 0.1) is 0 Å². The zero-order valence-electron chi connectivity index (χ0n) is 17.6. The van der Waals surface area contributed by atoms with E-state index in [1.165, 1.54) is 44.1 Å². The first-order valence-corrected chi connectivity index (χ1v) is 12.4. The van der Waals surface area contributed by atoms with Crippen molar-refractivity contribution in [3.05, 3.63) is 52.6 Å². The Kier molecular flexibility index (Phi) is 12.6. The van der Waals surface area contributed by atoms with Crippen molar-refractivity contribution in [3.63, 3.8) is 0 Å². The zero-order chi connectivity index (χ0) is 18.0. The molecular formula is C23H33Cl3SiTi. The van der Waals surface area contributed by atoms with Crippen LogP contribution in [0.2, 0.25) is 9.26 Å². The second-order valence-corrected chi connectivity index (χ2v) is 11.9. The maximum atomic E-state index is 2.62. The molecule has 0 nitrogen and oxygen atoms in total. The van der Waals surface area contributed by atoms with Crippen molar-refractivity contribution in [2.75, 3.05) is 0 Å². The normalized spacial score (nSPS) is 25.6. The van der Waals surface area contributed by atoms with E-state index in [0.29, 0.717) is 3.72 Å². The van der Waals surface area contributed by atoms with Gasteiger partial charge in [-0.15, -0.1) is 0 Å². The van der Waals surface area contributed by atoms with Gasteiger partial charge in [0.25, 0.3) is 0 Å². The molecule has 28 heavy (non-hydrogen) atoms. The van der Waals surface area contributed by atoms with Crippen LogP contribution in [0.1, 0.15) is 62.1 Å². The molecule has 2 aliphatic carbocycles. The monoisotopic (exact) mass is 490 g/mol. The summed E-state index contributed by atoms with van der Waals surface area (Å²) in [4.78, 5) is 0. The van der Waals surface area contributed by atoms with Crippen molar-refractivity contribution in [1.29, 1.82) is 0 Å². The van der Waals surface area contributed by atoms with Crippen LogP contribution in [0.25, 0.3) is 0 Å². The molecule has 0 spiro atoms. The van der Waals surface area contributed by atoms with E-state index in [-0.39, 0.29) is 46.7 Å². The summed E-state index contributed by atoms with van der Waals surface area (Å²) in [6, 6.07) is 4.82. The van der Waals surface area contributed by atoms with Gasteiger partial charge in [0.1, 0.15) is 0 Å². The number of rotatable bonds is 6.